The molecule has 0 aliphatic heterocycles. The Hall–Kier alpha value is -0.750. The zero-order valence-electron chi connectivity index (χ0n) is 12.6. The largest absolute Gasteiger partial charge is 0.383 e. The van der Waals surface area contributed by atoms with Crippen molar-refractivity contribution >= 4 is 33.2 Å². The molecule has 4 nitrogen and oxygen atoms in total. The smallest absolute Gasteiger partial charge is 0.145 e. The lowest BCUT2D eigenvalue weighted by molar-refractivity contribution is 0.138. The van der Waals surface area contributed by atoms with Crippen LogP contribution in [0, 0.1) is 13.8 Å². The molecule has 0 N–H and O–H groups in total. The van der Waals surface area contributed by atoms with E-state index in [9.17, 15) is 0 Å². The molecule has 21 heavy (non-hydrogen) atoms. The highest BCUT2D eigenvalue weighted by molar-refractivity contribution is 7.18. The summed E-state index contributed by atoms with van der Waals surface area (Å²) < 4.78 is 5.19. The molecule has 1 aliphatic rings. The summed E-state index contributed by atoms with van der Waals surface area (Å²) in [5.41, 5.74) is 1.20. The van der Waals surface area contributed by atoms with Crippen molar-refractivity contribution in [2.24, 2.45) is 0 Å². The lowest BCUT2D eigenvalue weighted by Crippen LogP contribution is -2.30. The Morgan fingerprint density at radius 2 is 2.10 bits per heavy atom. The summed E-state index contributed by atoms with van der Waals surface area (Å²) >= 11 is 8.07. The minimum Gasteiger partial charge on any atom is -0.383 e. The number of rotatable bonds is 6. The lowest BCUT2D eigenvalue weighted by atomic mass is 10.2. The number of hydrogen-bond acceptors (Lipinski definition) is 5. The molecular formula is C15H20ClN3OS. The predicted octanol–water partition coefficient (Wildman–Crippen LogP) is 3.57. The van der Waals surface area contributed by atoms with Crippen LogP contribution in [0.1, 0.15) is 29.1 Å². The van der Waals surface area contributed by atoms with Gasteiger partial charge in [0.2, 0.25) is 0 Å². The molecule has 0 spiro atoms. The highest BCUT2D eigenvalue weighted by atomic mass is 35.5. The van der Waals surface area contributed by atoms with Gasteiger partial charge in [-0.15, -0.1) is 11.3 Å². The SMILES string of the molecule is COCCN(Cc1nc(Cl)c2c(C)c(C)sc2n1)C1CC1. The van der Waals surface area contributed by atoms with Gasteiger partial charge in [0.1, 0.15) is 15.8 Å². The highest BCUT2D eigenvalue weighted by Gasteiger charge is 2.29. The van der Waals surface area contributed by atoms with E-state index in [2.05, 4.69) is 23.7 Å². The summed E-state index contributed by atoms with van der Waals surface area (Å²) in [4.78, 5) is 13.9. The molecular weight excluding hydrogens is 306 g/mol. The van der Waals surface area contributed by atoms with Crippen molar-refractivity contribution in [3.63, 3.8) is 0 Å². The molecule has 0 saturated heterocycles. The van der Waals surface area contributed by atoms with E-state index in [0.717, 1.165) is 35.7 Å². The Bertz CT molecular complexity index is 654. The molecule has 2 aromatic rings. The molecule has 0 radical (unpaired) electrons. The Labute approximate surface area is 134 Å². The Balaban J connectivity index is 1.86. The number of nitrogens with zero attached hydrogens (tertiary/aromatic N) is 3. The van der Waals surface area contributed by atoms with E-state index in [1.54, 1.807) is 18.4 Å². The number of fused-ring (bicyclic) bond motifs is 1. The normalized spacial score (nSPS) is 15.3. The second kappa shape index (κ2) is 6.16. The monoisotopic (exact) mass is 325 g/mol. The minimum absolute atomic E-state index is 0.583. The summed E-state index contributed by atoms with van der Waals surface area (Å²) in [6.45, 7) is 6.59. The summed E-state index contributed by atoms with van der Waals surface area (Å²) in [6, 6.07) is 0.657. The minimum atomic E-state index is 0.583. The van der Waals surface area contributed by atoms with E-state index in [4.69, 9.17) is 21.3 Å². The van der Waals surface area contributed by atoms with Crippen molar-refractivity contribution in [3.8, 4) is 0 Å². The van der Waals surface area contributed by atoms with Crippen LogP contribution in [-0.4, -0.2) is 41.2 Å². The molecule has 0 aromatic carbocycles. The molecule has 1 fully saturated rings. The zero-order chi connectivity index (χ0) is 15.0. The first-order valence-electron chi connectivity index (χ1n) is 7.25. The van der Waals surface area contributed by atoms with Gasteiger partial charge in [-0.05, 0) is 32.3 Å². The van der Waals surface area contributed by atoms with E-state index in [1.807, 2.05) is 0 Å². The molecule has 0 unspecified atom stereocenters. The van der Waals surface area contributed by atoms with Gasteiger partial charge < -0.3 is 4.74 Å². The summed E-state index contributed by atoms with van der Waals surface area (Å²) in [6.07, 6.45) is 2.52. The first-order chi connectivity index (χ1) is 10.1. The maximum atomic E-state index is 6.38. The molecule has 2 heterocycles. The van der Waals surface area contributed by atoms with Crippen LogP contribution in [0.25, 0.3) is 10.2 Å². The van der Waals surface area contributed by atoms with Crippen LogP contribution < -0.4 is 0 Å². The van der Waals surface area contributed by atoms with Crippen molar-refractivity contribution in [3.05, 3.63) is 21.4 Å². The summed E-state index contributed by atoms with van der Waals surface area (Å²) in [5.74, 6) is 0.816. The quantitative estimate of drug-likeness (QED) is 0.761. The molecule has 6 heteroatoms. The van der Waals surface area contributed by atoms with Crippen LogP contribution in [-0.2, 0) is 11.3 Å². The Morgan fingerprint density at radius 1 is 1.33 bits per heavy atom. The molecule has 0 amide bonds. The van der Waals surface area contributed by atoms with Crippen molar-refractivity contribution in [2.75, 3.05) is 20.3 Å². The van der Waals surface area contributed by atoms with Gasteiger partial charge in [0.15, 0.2) is 0 Å². The molecule has 1 saturated carbocycles. The van der Waals surface area contributed by atoms with E-state index in [-0.39, 0.29) is 0 Å². The maximum Gasteiger partial charge on any atom is 0.145 e. The van der Waals surface area contributed by atoms with Crippen molar-refractivity contribution < 1.29 is 4.74 Å². The summed E-state index contributed by atoms with van der Waals surface area (Å²) in [5, 5.41) is 1.59. The van der Waals surface area contributed by atoms with Crippen LogP contribution in [0.5, 0.6) is 0 Å². The number of halogens is 1. The van der Waals surface area contributed by atoms with E-state index in [1.165, 1.54) is 23.3 Å². The van der Waals surface area contributed by atoms with Gasteiger partial charge in [-0.2, -0.15) is 0 Å². The van der Waals surface area contributed by atoms with Crippen molar-refractivity contribution in [1.29, 1.82) is 0 Å². The molecule has 114 valence electrons. The second-order valence-corrected chi connectivity index (χ2v) is 7.15. The molecule has 1 aliphatic carbocycles. The number of thiophene rings is 1. The third kappa shape index (κ3) is 3.21. The lowest BCUT2D eigenvalue weighted by Gasteiger charge is -2.20. The molecule has 2 aromatic heterocycles. The van der Waals surface area contributed by atoms with Gasteiger partial charge in [-0.1, -0.05) is 11.6 Å². The van der Waals surface area contributed by atoms with Gasteiger partial charge in [0.25, 0.3) is 0 Å². The predicted molar refractivity (Wildman–Crippen MR) is 87.2 cm³/mol. The van der Waals surface area contributed by atoms with Crippen LogP contribution in [0.3, 0.4) is 0 Å². The molecule has 0 bridgehead atoms. The topological polar surface area (TPSA) is 38.2 Å². The number of methoxy groups -OCH3 is 1. The van der Waals surface area contributed by atoms with Crippen molar-refractivity contribution in [1.82, 2.24) is 14.9 Å². The van der Waals surface area contributed by atoms with E-state index >= 15 is 0 Å². The average Bonchev–Trinajstić information content (AvgIpc) is 3.23. The van der Waals surface area contributed by atoms with E-state index in [0.29, 0.717) is 11.2 Å². The van der Waals surface area contributed by atoms with Gasteiger partial charge in [0.05, 0.1) is 18.5 Å². The fourth-order valence-corrected chi connectivity index (χ4v) is 3.97. The Kier molecular flexibility index (Phi) is 4.45. The highest BCUT2D eigenvalue weighted by Crippen LogP contribution is 2.33. The van der Waals surface area contributed by atoms with Crippen LogP contribution in [0.4, 0.5) is 0 Å². The third-order valence-electron chi connectivity index (χ3n) is 4.02. The first kappa shape index (κ1) is 15.2. The number of hydrogen-bond donors (Lipinski definition) is 0. The van der Waals surface area contributed by atoms with Gasteiger partial charge in [-0.3, -0.25) is 4.90 Å². The number of aryl methyl sites for hydroxylation is 2. The Morgan fingerprint density at radius 3 is 2.76 bits per heavy atom. The zero-order valence-corrected chi connectivity index (χ0v) is 14.2. The third-order valence-corrected chi connectivity index (χ3v) is 5.40. The number of ether oxygens (including phenoxy) is 1. The van der Waals surface area contributed by atoms with Gasteiger partial charge in [-0.25, -0.2) is 9.97 Å². The fourth-order valence-electron chi connectivity index (χ4n) is 2.53. The first-order valence-corrected chi connectivity index (χ1v) is 8.44. The summed E-state index contributed by atoms with van der Waals surface area (Å²) in [7, 11) is 1.74. The van der Waals surface area contributed by atoms with Crippen LogP contribution >= 0.6 is 22.9 Å². The number of aromatic nitrogens is 2. The standard InChI is InChI=1S/C15H20ClN3OS/c1-9-10(2)21-15-13(9)14(16)17-12(18-15)8-19(6-7-20-3)11-4-5-11/h11H,4-8H2,1-3H3. The fraction of sp³-hybridized carbons (Fsp3) is 0.600. The van der Waals surface area contributed by atoms with Crippen molar-refractivity contribution in [2.45, 2.75) is 39.3 Å². The van der Waals surface area contributed by atoms with Crippen LogP contribution in [0.2, 0.25) is 5.15 Å². The second-order valence-electron chi connectivity index (χ2n) is 5.59. The molecule has 0 atom stereocenters. The maximum absolute atomic E-state index is 6.38. The van der Waals surface area contributed by atoms with Gasteiger partial charge >= 0.3 is 0 Å². The molecule has 3 rings (SSSR count). The van der Waals surface area contributed by atoms with E-state index < -0.39 is 0 Å². The van der Waals surface area contributed by atoms with Gasteiger partial charge in [0, 0.05) is 24.6 Å². The van der Waals surface area contributed by atoms with Crippen LogP contribution in [0.15, 0.2) is 0 Å². The average molecular weight is 326 g/mol.